The van der Waals surface area contributed by atoms with Gasteiger partial charge >= 0.3 is 75.0 Å². The van der Waals surface area contributed by atoms with Crippen LogP contribution in [-0.4, -0.2) is 35.2 Å². The molecule has 0 aliphatic carbocycles. The fourth-order valence-corrected chi connectivity index (χ4v) is 6.45. The molecule has 0 aliphatic rings. The first kappa shape index (κ1) is 25.9. The molecule has 6 heteroatoms. The summed E-state index contributed by atoms with van der Waals surface area (Å²) in [5.41, 5.74) is 10.4. The molecule has 1 atom stereocenters. The molecular formula is C27H30FN2PSe2. The van der Waals surface area contributed by atoms with Gasteiger partial charge < -0.3 is 0 Å². The summed E-state index contributed by atoms with van der Waals surface area (Å²) in [6.45, 7) is 13.0. The van der Waals surface area contributed by atoms with E-state index in [2.05, 4.69) is 124 Å². The predicted molar refractivity (Wildman–Crippen MR) is 141 cm³/mol. The minimum atomic E-state index is -2.52. The van der Waals surface area contributed by atoms with Crippen LogP contribution in [0.1, 0.15) is 33.4 Å². The summed E-state index contributed by atoms with van der Waals surface area (Å²) in [5.74, 6) is 0. The van der Waals surface area contributed by atoms with Gasteiger partial charge in [-0.15, -0.1) is 0 Å². The Balaban J connectivity index is 0.000000257. The number of hydrogen-bond donors (Lipinski definition) is 0. The third-order valence-corrected chi connectivity index (χ3v) is 9.06. The minimum absolute atomic E-state index is 0.731. The van der Waals surface area contributed by atoms with Crippen molar-refractivity contribution in [1.29, 1.82) is 0 Å². The Morgan fingerprint density at radius 1 is 0.818 bits per heavy atom. The molecule has 3 aromatic carbocycles. The molecule has 0 spiro atoms. The number of rotatable bonds is 3. The van der Waals surface area contributed by atoms with Gasteiger partial charge in [-0.3, -0.25) is 0 Å². The summed E-state index contributed by atoms with van der Waals surface area (Å²) in [6, 6.07) is 18.1. The van der Waals surface area contributed by atoms with Crippen LogP contribution in [0.5, 0.6) is 0 Å². The maximum absolute atomic E-state index is 13.1. The Labute approximate surface area is 212 Å². The molecule has 0 saturated carbocycles. The fraction of sp³-hybridized carbons (Fsp3) is 0.222. The third kappa shape index (κ3) is 6.44. The van der Waals surface area contributed by atoms with Gasteiger partial charge in [0, 0.05) is 0 Å². The number of aryl methyl sites for hydroxylation is 6. The van der Waals surface area contributed by atoms with Crippen LogP contribution in [-0.2, 0) is 0 Å². The zero-order chi connectivity index (χ0) is 24.3. The van der Waals surface area contributed by atoms with Crippen LogP contribution in [0.4, 0.5) is 4.20 Å². The van der Waals surface area contributed by atoms with E-state index in [1.165, 1.54) is 44.8 Å². The summed E-state index contributed by atoms with van der Waals surface area (Å²) < 4.78 is 15.1. The molecule has 0 radical (unpaired) electrons. The maximum atomic E-state index is 13.1. The van der Waals surface area contributed by atoms with E-state index >= 15 is 0 Å². The van der Waals surface area contributed by atoms with Gasteiger partial charge in [-0.2, -0.15) is 0 Å². The fourth-order valence-electron chi connectivity index (χ4n) is 4.38. The van der Waals surface area contributed by atoms with Crippen molar-refractivity contribution in [3.63, 3.8) is 0 Å². The molecule has 0 saturated heterocycles. The van der Waals surface area contributed by atoms with E-state index in [1.807, 2.05) is 18.2 Å². The number of imidazole rings is 1. The second-order valence-corrected chi connectivity index (χ2v) is 19.9. The number of benzene rings is 3. The Morgan fingerprint density at radius 2 is 1.30 bits per heavy atom. The SMILES string of the molecule is Cc1cc(C)c(-n2cc[n+](-c3c(C)cc(C)cc3C)c2)c(C)c1.F[P@](=[Se])([Se-])c1ccccc1. The van der Waals surface area contributed by atoms with E-state index in [-0.39, 0.29) is 0 Å². The molecule has 0 fully saturated rings. The molecule has 4 rings (SSSR count). The van der Waals surface area contributed by atoms with Crippen LogP contribution in [0.25, 0.3) is 11.4 Å². The van der Waals surface area contributed by atoms with Crippen molar-refractivity contribution in [3.05, 3.63) is 107 Å². The summed E-state index contributed by atoms with van der Waals surface area (Å²) in [5, 5.41) is 0.731. The normalized spacial score (nSPS) is 12.6. The van der Waals surface area contributed by atoms with Gasteiger partial charge in [0.25, 0.3) is 6.33 Å². The first-order chi connectivity index (χ1) is 15.5. The molecule has 0 N–H and O–H groups in total. The second kappa shape index (κ2) is 10.7. The monoisotopic (exact) mass is 592 g/mol. The van der Waals surface area contributed by atoms with Crippen molar-refractivity contribution in [2.24, 2.45) is 0 Å². The summed E-state index contributed by atoms with van der Waals surface area (Å²) in [7, 11) is 0. The van der Waals surface area contributed by atoms with E-state index < -0.39 is 4.51 Å². The average molecular weight is 590 g/mol. The summed E-state index contributed by atoms with van der Waals surface area (Å²) >= 11 is 5.04. The number of aromatic nitrogens is 2. The van der Waals surface area contributed by atoms with Gasteiger partial charge in [0.2, 0.25) is 0 Å². The van der Waals surface area contributed by atoms with Gasteiger partial charge in [0.15, 0.2) is 0 Å². The van der Waals surface area contributed by atoms with E-state index in [9.17, 15) is 4.20 Å². The first-order valence-corrected chi connectivity index (χ1v) is 16.9. The van der Waals surface area contributed by atoms with Crippen LogP contribution in [0.15, 0.2) is 73.3 Å². The van der Waals surface area contributed by atoms with Crippen LogP contribution < -0.4 is 9.87 Å². The molecule has 0 unspecified atom stereocenters. The van der Waals surface area contributed by atoms with Gasteiger partial charge in [0.05, 0.1) is 0 Å². The first-order valence-electron chi connectivity index (χ1n) is 10.8. The Morgan fingerprint density at radius 3 is 1.76 bits per heavy atom. The zero-order valence-electron chi connectivity index (χ0n) is 20.0. The van der Waals surface area contributed by atoms with Crippen LogP contribution >= 0.6 is 4.51 Å². The van der Waals surface area contributed by atoms with Crippen molar-refractivity contribution in [1.82, 2.24) is 4.57 Å². The molecule has 1 aromatic heterocycles. The van der Waals surface area contributed by atoms with Crippen molar-refractivity contribution in [2.75, 3.05) is 0 Å². The molecule has 0 aliphatic heterocycles. The standard InChI is InChI=1S/C21H25N2.C6H6FPSe2/c1-14-9-16(3)20(17(4)10-14)22-7-8-23(13-22)21-18(5)11-15(2)12-19(21)6;7-8(9,10)6-4-2-1-3-5-6/h7-13H,1-6H3;1-5H,(H,9,10)/q+1;/p-1. The molecule has 1 heterocycles. The van der Waals surface area contributed by atoms with Crippen LogP contribution in [0, 0.1) is 41.5 Å². The van der Waals surface area contributed by atoms with Gasteiger partial charge in [0.1, 0.15) is 23.8 Å². The zero-order valence-corrected chi connectivity index (χ0v) is 24.3. The predicted octanol–water partition coefficient (Wildman–Crippen LogP) is 5.99. The van der Waals surface area contributed by atoms with E-state index in [4.69, 9.17) is 0 Å². The summed E-state index contributed by atoms with van der Waals surface area (Å²) in [6.07, 6.45) is 6.46. The number of halogens is 1. The van der Waals surface area contributed by atoms with Crippen molar-refractivity contribution in [2.45, 2.75) is 41.5 Å². The molecule has 4 aromatic rings. The van der Waals surface area contributed by atoms with E-state index in [1.54, 1.807) is 12.1 Å². The molecule has 33 heavy (non-hydrogen) atoms. The van der Waals surface area contributed by atoms with Crippen molar-refractivity contribution in [3.8, 4) is 11.4 Å². The number of nitrogens with zero attached hydrogens (tertiary/aromatic N) is 2. The quantitative estimate of drug-likeness (QED) is 0.158. The topological polar surface area (TPSA) is 8.81 Å². The molecule has 172 valence electrons. The van der Waals surface area contributed by atoms with Gasteiger partial charge in [-0.1, -0.05) is 35.4 Å². The Bertz CT molecular complexity index is 1210. The molecule has 0 bridgehead atoms. The van der Waals surface area contributed by atoms with Crippen LogP contribution in [0.2, 0.25) is 0 Å². The molecule has 0 amide bonds. The third-order valence-electron chi connectivity index (χ3n) is 5.49. The second-order valence-electron chi connectivity index (χ2n) is 8.54. The van der Waals surface area contributed by atoms with Crippen LogP contribution in [0.3, 0.4) is 0 Å². The van der Waals surface area contributed by atoms with Crippen molar-refractivity contribution < 1.29 is 8.76 Å². The van der Waals surface area contributed by atoms with Crippen molar-refractivity contribution >= 4 is 40.5 Å². The Kier molecular flexibility index (Phi) is 8.38. The summed E-state index contributed by atoms with van der Waals surface area (Å²) in [4.78, 5) is 0. The van der Waals surface area contributed by atoms with Gasteiger partial charge in [-0.25, -0.2) is 9.13 Å². The Hall–Kier alpha value is -1.73. The van der Waals surface area contributed by atoms with E-state index in [0.717, 1.165) is 5.30 Å². The molecular weight excluding hydrogens is 560 g/mol. The number of hydrogen-bond acceptors (Lipinski definition) is 0. The van der Waals surface area contributed by atoms with Gasteiger partial charge in [-0.05, 0) is 63.8 Å². The average Bonchev–Trinajstić information content (AvgIpc) is 3.16. The molecule has 2 nitrogen and oxygen atoms in total. The van der Waals surface area contributed by atoms with E-state index in [0.29, 0.717) is 0 Å².